The van der Waals surface area contributed by atoms with Crippen molar-refractivity contribution in [1.29, 1.82) is 0 Å². The lowest BCUT2D eigenvalue weighted by atomic mass is 10.2. The molecule has 3 N–H and O–H groups in total. The minimum absolute atomic E-state index is 0.179. The van der Waals surface area contributed by atoms with Crippen molar-refractivity contribution in [3.63, 3.8) is 0 Å². The van der Waals surface area contributed by atoms with Gasteiger partial charge in [-0.1, -0.05) is 13.8 Å². The van der Waals surface area contributed by atoms with Crippen LogP contribution in [0.3, 0.4) is 0 Å². The van der Waals surface area contributed by atoms with Gasteiger partial charge in [0, 0.05) is 32.7 Å². The van der Waals surface area contributed by atoms with E-state index in [-0.39, 0.29) is 12.5 Å². The molecule has 17 heavy (non-hydrogen) atoms. The zero-order valence-electron chi connectivity index (χ0n) is 10.8. The molecule has 0 aliphatic rings. The predicted octanol–water partition coefficient (Wildman–Crippen LogP) is 1.51. The summed E-state index contributed by atoms with van der Waals surface area (Å²) in [6.45, 7) is 4.98. The van der Waals surface area contributed by atoms with Crippen LogP contribution in [-0.2, 0) is 6.42 Å². The van der Waals surface area contributed by atoms with Crippen LogP contribution in [0.15, 0.2) is 6.07 Å². The first kappa shape index (κ1) is 13.7. The number of nitrogens with one attached hydrogen (secondary N) is 2. The van der Waals surface area contributed by atoms with Crippen molar-refractivity contribution in [3.8, 4) is 0 Å². The molecule has 5 nitrogen and oxygen atoms in total. The third-order valence-electron chi connectivity index (χ3n) is 2.45. The first-order valence-corrected chi connectivity index (χ1v) is 6.10. The fourth-order valence-corrected chi connectivity index (χ4v) is 1.39. The molecule has 1 unspecified atom stereocenters. The minimum Gasteiger partial charge on any atom is -0.396 e. The van der Waals surface area contributed by atoms with Crippen molar-refractivity contribution in [1.82, 2.24) is 9.97 Å². The van der Waals surface area contributed by atoms with Gasteiger partial charge in [-0.3, -0.25) is 0 Å². The zero-order valence-corrected chi connectivity index (χ0v) is 10.8. The highest BCUT2D eigenvalue weighted by Gasteiger charge is 2.05. The smallest absolute Gasteiger partial charge is 0.133 e. The molecule has 0 amide bonds. The van der Waals surface area contributed by atoms with Crippen LogP contribution in [0, 0.1) is 5.92 Å². The van der Waals surface area contributed by atoms with E-state index in [1.807, 2.05) is 20.0 Å². The Morgan fingerprint density at radius 3 is 2.65 bits per heavy atom. The second kappa shape index (κ2) is 7.06. The van der Waals surface area contributed by atoms with Gasteiger partial charge in [-0.15, -0.1) is 0 Å². The number of hydrogen-bond donors (Lipinski definition) is 3. The Morgan fingerprint density at radius 2 is 2.06 bits per heavy atom. The maximum atomic E-state index is 8.97. The van der Waals surface area contributed by atoms with Crippen molar-refractivity contribution in [3.05, 3.63) is 11.9 Å². The maximum Gasteiger partial charge on any atom is 0.133 e. The lowest BCUT2D eigenvalue weighted by molar-refractivity contribution is 0.244. The summed E-state index contributed by atoms with van der Waals surface area (Å²) in [5, 5.41) is 15.2. The summed E-state index contributed by atoms with van der Waals surface area (Å²) in [5.41, 5.74) is 0. The second-order valence-corrected chi connectivity index (χ2v) is 4.22. The van der Waals surface area contributed by atoms with Gasteiger partial charge in [0.25, 0.3) is 0 Å². The van der Waals surface area contributed by atoms with Crippen molar-refractivity contribution in [2.24, 2.45) is 5.92 Å². The fourth-order valence-electron chi connectivity index (χ4n) is 1.39. The lowest BCUT2D eigenvalue weighted by Crippen LogP contribution is -2.16. The first-order valence-electron chi connectivity index (χ1n) is 6.10. The van der Waals surface area contributed by atoms with E-state index in [2.05, 4.69) is 27.5 Å². The highest BCUT2D eigenvalue weighted by molar-refractivity contribution is 5.47. The van der Waals surface area contributed by atoms with Crippen LogP contribution in [0.4, 0.5) is 11.6 Å². The van der Waals surface area contributed by atoms with Gasteiger partial charge in [0.05, 0.1) is 0 Å². The third-order valence-corrected chi connectivity index (χ3v) is 2.45. The van der Waals surface area contributed by atoms with E-state index in [0.717, 1.165) is 30.3 Å². The average molecular weight is 238 g/mol. The summed E-state index contributed by atoms with van der Waals surface area (Å²) in [7, 11) is 1.85. The summed E-state index contributed by atoms with van der Waals surface area (Å²) >= 11 is 0. The zero-order chi connectivity index (χ0) is 12.7. The van der Waals surface area contributed by atoms with Gasteiger partial charge in [-0.05, 0) is 12.3 Å². The molecule has 0 spiro atoms. The predicted molar refractivity (Wildman–Crippen MR) is 70.3 cm³/mol. The lowest BCUT2D eigenvalue weighted by Gasteiger charge is -2.12. The number of aromatic nitrogens is 2. The Kier molecular flexibility index (Phi) is 5.69. The molecule has 0 fully saturated rings. The number of aryl methyl sites for hydroxylation is 1. The molecule has 1 atom stereocenters. The van der Waals surface area contributed by atoms with E-state index < -0.39 is 0 Å². The van der Waals surface area contributed by atoms with Crippen molar-refractivity contribution in [2.45, 2.75) is 26.7 Å². The molecule has 1 aromatic rings. The molecule has 96 valence electrons. The summed E-state index contributed by atoms with van der Waals surface area (Å²) in [4.78, 5) is 8.81. The molecule has 5 heteroatoms. The van der Waals surface area contributed by atoms with Crippen molar-refractivity contribution >= 4 is 11.6 Å². The van der Waals surface area contributed by atoms with Crippen LogP contribution in [0.1, 0.15) is 26.1 Å². The van der Waals surface area contributed by atoms with E-state index in [4.69, 9.17) is 5.11 Å². The third kappa shape index (κ3) is 4.56. The van der Waals surface area contributed by atoms with Gasteiger partial charge in [-0.25, -0.2) is 9.97 Å². The van der Waals surface area contributed by atoms with E-state index in [1.165, 1.54) is 0 Å². The normalized spacial score (nSPS) is 12.2. The van der Waals surface area contributed by atoms with Crippen LogP contribution in [-0.4, -0.2) is 35.3 Å². The average Bonchev–Trinajstić information content (AvgIpc) is 2.36. The molecule has 1 heterocycles. The van der Waals surface area contributed by atoms with E-state index in [0.29, 0.717) is 6.54 Å². The highest BCUT2D eigenvalue weighted by atomic mass is 16.3. The summed E-state index contributed by atoms with van der Waals surface area (Å²) in [6.07, 6.45) is 1.90. The van der Waals surface area contributed by atoms with Gasteiger partial charge in [0.15, 0.2) is 0 Å². The van der Waals surface area contributed by atoms with Crippen molar-refractivity contribution in [2.75, 3.05) is 30.8 Å². The highest BCUT2D eigenvalue weighted by Crippen LogP contribution is 2.12. The van der Waals surface area contributed by atoms with Crippen LogP contribution >= 0.6 is 0 Å². The first-order chi connectivity index (χ1) is 8.19. The molecule has 0 aliphatic carbocycles. The molecule has 0 saturated heterocycles. The molecule has 1 rings (SSSR count). The van der Waals surface area contributed by atoms with Gasteiger partial charge in [0.1, 0.15) is 17.5 Å². The fraction of sp³-hybridized carbons (Fsp3) is 0.667. The molecule has 0 aromatic carbocycles. The maximum absolute atomic E-state index is 8.97. The molecule has 0 aliphatic heterocycles. The Bertz CT molecular complexity index is 343. The Morgan fingerprint density at radius 1 is 1.35 bits per heavy atom. The number of hydrogen-bond acceptors (Lipinski definition) is 5. The molecule has 0 saturated carbocycles. The van der Waals surface area contributed by atoms with Crippen LogP contribution in [0.25, 0.3) is 0 Å². The van der Waals surface area contributed by atoms with E-state index in [9.17, 15) is 0 Å². The number of rotatable bonds is 7. The number of nitrogens with zero attached hydrogens (tertiary/aromatic N) is 2. The van der Waals surface area contributed by atoms with E-state index >= 15 is 0 Å². The minimum atomic E-state index is 0.179. The monoisotopic (exact) mass is 238 g/mol. The quantitative estimate of drug-likeness (QED) is 0.671. The van der Waals surface area contributed by atoms with Crippen LogP contribution < -0.4 is 10.6 Å². The summed E-state index contributed by atoms with van der Waals surface area (Å²) in [5.74, 6) is 2.70. The second-order valence-electron chi connectivity index (χ2n) is 4.22. The van der Waals surface area contributed by atoms with Gasteiger partial charge in [-0.2, -0.15) is 0 Å². The van der Waals surface area contributed by atoms with Crippen molar-refractivity contribution < 1.29 is 5.11 Å². The molecular formula is C12H22N4O. The van der Waals surface area contributed by atoms with Gasteiger partial charge < -0.3 is 15.7 Å². The molecule has 0 radical (unpaired) electrons. The number of anilines is 2. The van der Waals surface area contributed by atoms with E-state index in [1.54, 1.807) is 0 Å². The standard InChI is InChI=1S/C12H22N4O/c1-4-5-10-15-11(13-3)6-12(16-10)14-7-9(2)8-17/h6,9,17H,4-5,7-8H2,1-3H3,(H2,13,14,15,16). The summed E-state index contributed by atoms with van der Waals surface area (Å²) < 4.78 is 0. The largest absolute Gasteiger partial charge is 0.396 e. The molecular weight excluding hydrogens is 216 g/mol. The van der Waals surface area contributed by atoms with Crippen LogP contribution in [0.2, 0.25) is 0 Å². The molecule has 1 aromatic heterocycles. The SMILES string of the molecule is CCCc1nc(NC)cc(NCC(C)CO)n1. The number of aliphatic hydroxyl groups excluding tert-OH is 1. The van der Waals surface area contributed by atoms with Gasteiger partial charge >= 0.3 is 0 Å². The number of aliphatic hydroxyl groups is 1. The van der Waals surface area contributed by atoms with Crippen LogP contribution in [0.5, 0.6) is 0 Å². The Balaban J connectivity index is 2.72. The Hall–Kier alpha value is -1.36. The molecule has 0 bridgehead atoms. The topological polar surface area (TPSA) is 70.1 Å². The summed E-state index contributed by atoms with van der Waals surface area (Å²) in [6, 6.07) is 1.88. The Labute approximate surface area is 103 Å². The van der Waals surface area contributed by atoms with Gasteiger partial charge in [0.2, 0.25) is 0 Å².